The van der Waals surface area contributed by atoms with Crippen molar-refractivity contribution in [3.8, 4) is 0 Å². The molecule has 1 aromatic rings. The molecular formula is C13H20N4. The van der Waals surface area contributed by atoms with Crippen LogP contribution in [-0.2, 0) is 0 Å². The predicted molar refractivity (Wildman–Crippen MR) is 72.2 cm³/mol. The third-order valence-electron chi connectivity index (χ3n) is 3.20. The van der Waals surface area contributed by atoms with Crippen LogP contribution in [-0.4, -0.2) is 42.6 Å². The largest absolute Gasteiger partial charge is 0.397 e. The van der Waals surface area contributed by atoms with Crippen molar-refractivity contribution >= 4 is 11.5 Å². The third kappa shape index (κ3) is 2.77. The number of pyridine rings is 1. The molecule has 4 nitrogen and oxygen atoms in total. The summed E-state index contributed by atoms with van der Waals surface area (Å²) in [5.41, 5.74) is 7.46. The van der Waals surface area contributed by atoms with Crippen molar-refractivity contribution in [2.24, 2.45) is 0 Å². The number of rotatable bonds is 3. The molecule has 0 saturated carbocycles. The highest BCUT2D eigenvalue weighted by Crippen LogP contribution is 2.17. The van der Waals surface area contributed by atoms with Crippen LogP contribution in [0.2, 0.25) is 0 Å². The molecule has 0 amide bonds. The second kappa shape index (κ2) is 5.19. The van der Waals surface area contributed by atoms with E-state index >= 15 is 0 Å². The molecule has 4 heteroatoms. The van der Waals surface area contributed by atoms with Gasteiger partial charge in [-0.1, -0.05) is 6.08 Å². The van der Waals surface area contributed by atoms with Crippen molar-refractivity contribution < 1.29 is 0 Å². The van der Waals surface area contributed by atoms with Gasteiger partial charge in [-0.3, -0.25) is 4.90 Å². The van der Waals surface area contributed by atoms with Gasteiger partial charge in [0.2, 0.25) is 0 Å². The number of hydrogen-bond donors (Lipinski definition) is 1. The van der Waals surface area contributed by atoms with Gasteiger partial charge in [0.1, 0.15) is 5.82 Å². The third-order valence-corrected chi connectivity index (χ3v) is 3.20. The zero-order chi connectivity index (χ0) is 12.3. The maximum absolute atomic E-state index is 5.78. The summed E-state index contributed by atoms with van der Waals surface area (Å²) in [6.07, 6.45) is 1.96. The van der Waals surface area contributed by atoms with Gasteiger partial charge in [0, 0.05) is 32.7 Å². The van der Waals surface area contributed by atoms with Crippen LogP contribution in [0.1, 0.15) is 5.69 Å². The Kier molecular flexibility index (Phi) is 3.64. The monoisotopic (exact) mass is 232 g/mol. The van der Waals surface area contributed by atoms with Crippen LogP contribution < -0.4 is 10.6 Å². The second-order valence-corrected chi connectivity index (χ2v) is 4.42. The zero-order valence-electron chi connectivity index (χ0n) is 10.4. The highest BCUT2D eigenvalue weighted by molar-refractivity contribution is 5.50. The SMILES string of the molecule is C=CCN1CCN(c2ccc(N)c(C)n2)CC1. The van der Waals surface area contributed by atoms with Crippen LogP contribution in [0.5, 0.6) is 0 Å². The maximum atomic E-state index is 5.78. The number of aryl methyl sites for hydroxylation is 1. The summed E-state index contributed by atoms with van der Waals surface area (Å²) in [5, 5.41) is 0. The number of piperazine rings is 1. The minimum absolute atomic E-state index is 0.763. The molecular weight excluding hydrogens is 212 g/mol. The standard InChI is InChI=1S/C13H20N4/c1-3-6-16-7-9-17(10-8-16)13-5-4-12(14)11(2)15-13/h3-5H,1,6-10,14H2,2H3. The van der Waals surface area contributed by atoms with E-state index in [1.807, 2.05) is 25.1 Å². The second-order valence-electron chi connectivity index (χ2n) is 4.42. The smallest absolute Gasteiger partial charge is 0.129 e. The van der Waals surface area contributed by atoms with Gasteiger partial charge in [0.25, 0.3) is 0 Å². The lowest BCUT2D eigenvalue weighted by Crippen LogP contribution is -2.46. The summed E-state index contributed by atoms with van der Waals surface area (Å²) in [6, 6.07) is 3.94. The minimum Gasteiger partial charge on any atom is -0.397 e. The molecule has 1 fully saturated rings. The number of nitrogens with two attached hydrogens (primary N) is 1. The fourth-order valence-electron chi connectivity index (χ4n) is 2.08. The first-order valence-electron chi connectivity index (χ1n) is 6.02. The quantitative estimate of drug-likeness (QED) is 0.797. The fraction of sp³-hybridized carbons (Fsp3) is 0.462. The van der Waals surface area contributed by atoms with Crippen molar-refractivity contribution in [1.29, 1.82) is 0 Å². The molecule has 2 heterocycles. The van der Waals surface area contributed by atoms with E-state index in [0.29, 0.717) is 0 Å². The predicted octanol–water partition coefficient (Wildman–Crippen LogP) is 1.28. The Morgan fingerprint density at radius 2 is 2.06 bits per heavy atom. The number of hydrogen-bond acceptors (Lipinski definition) is 4. The Bertz CT molecular complexity index is 394. The molecule has 17 heavy (non-hydrogen) atoms. The molecule has 0 aromatic carbocycles. The normalized spacial score (nSPS) is 17.1. The van der Waals surface area contributed by atoms with Gasteiger partial charge < -0.3 is 10.6 Å². The Labute approximate surface area is 103 Å². The number of nitrogen functional groups attached to an aromatic ring is 1. The Morgan fingerprint density at radius 3 is 2.65 bits per heavy atom. The summed E-state index contributed by atoms with van der Waals surface area (Å²) in [6.45, 7) is 10.9. The lowest BCUT2D eigenvalue weighted by Gasteiger charge is -2.35. The van der Waals surface area contributed by atoms with Crippen LogP contribution in [0.25, 0.3) is 0 Å². The molecule has 0 atom stereocenters. The van der Waals surface area contributed by atoms with E-state index in [0.717, 1.165) is 49.9 Å². The first-order valence-corrected chi connectivity index (χ1v) is 6.02. The van der Waals surface area contributed by atoms with E-state index in [4.69, 9.17) is 5.73 Å². The molecule has 0 aliphatic carbocycles. The molecule has 1 aliphatic heterocycles. The van der Waals surface area contributed by atoms with E-state index in [2.05, 4.69) is 21.4 Å². The van der Waals surface area contributed by atoms with Gasteiger partial charge in [-0.15, -0.1) is 6.58 Å². The lowest BCUT2D eigenvalue weighted by molar-refractivity contribution is 0.283. The molecule has 92 valence electrons. The number of anilines is 2. The average Bonchev–Trinajstić information content (AvgIpc) is 2.34. The maximum Gasteiger partial charge on any atom is 0.129 e. The molecule has 0 unspecified atom stereocenters. The highest BCUT2D eigenvalue weighted by Gasteiger charge is 2.17. The van der Waals surface area contributed by atoms with E-state index < -0.39 is 0 Å². The Morgan fingerprint density at radius 1 is 1.35 bits per heavy atom. The van der Waals surface area contributed by atoms with E-state index in [1.54, 1.807) is 0 Å². The van der Waals surface area contributed by atoms with Gasteiger partial charge in [-0.2, -0.15) is 0 Å². The van der Waals surface area contributed by atoms with Crippen molar-refractivity contribution in [2.45, 2.75) is 6.92 Å². The van der Waals surface area contributed by atoms with Crippen molar-refractivity contribution in [3.63, 3.8) is 0 Å². The van der Waals surface area contributed by atoms with Crippen LogP contribution in [0.3, 0.4) is 0 Å². The van der Waals surface area contributed by atoms with E-state index in [1.165, 1.54) is 0 Å². The van der Waals surface area contributed by atoms with Gasteiger partial charge in [-0.05, 0) is 19.1 Å². The molecule has 2 N–H and O–H groups in total. The first-order chi connectivity index (χ1) is 8.20. The first kappa shape index (κ1) is 11.9. The molecule has 0 radical (unpaired) electrons. The van der Waals surface area contributed by atoms with Gasteiger partial charge >= 0.3 is 0 Å². The van der Waals surface area contributed by atoms with Gasteiger partial charge in [0.15, 0.2) is 0 Å². The number of nitrogens with zero attached hydrogens (tertiary/aromatic N) is 3. The topological polar surface area (TPSA) is 45.4 Å². The summed E-state index contributed by atoms with van der Waals surface area (Å²) in [4.78, 5) is 9.24. The lowest BCUT2D eigenvalue weighted by atomic mass is 10.2. The molecule has 1 aliphatic rings. The average molecular weight is 232 g/mol. The minimum atomic E-state index is 0.763. The summed E-state index contributed by atoms with van der Waals surface area (Å²) >= 11 is 0. The van der Waals surface area contributed by atoms with Crippen molar-refractivity contribution in [1.82, 2.24) is 9.88 Å². The molecule has 0 spiro atoms. The van der Waals surface area contributed by atoms with E-state index in [9.17, 15) is 0 Å². The number of aromatic nitrogens is 1. The van der Waals surface area contributed by atoms with Crippen LogP contribution in [0.15, 0.2) is 24.8 Å². The Balaban J connectivity index is 2.00. The van der Waals surface area contributed by atoms with Crippen LogP contribution >= 0.6 is 0 Å². The van der Waals surface area contributed by atoms with Gasteiger partial charge in [-0.25, -0.2) is 4.98 Å². The molecule has 1 aromatic heterocycles. The van der Waals surface area contributed by atoms with Crippen molar-refractivity contribution in [3.05, 3.63) is 30.5 Å². The van der Waals surface area contributed by atoms with Crippen LogP contribution in [0.4, 0.5) is 11.5 Å². The molecule has 0 bridgehead atoms. The zero-order valence-corrected chi connectivity index (χ0v) is 10.4. The summed E-state index contributed by atoms with van der Waals surface area (Å²) in [7, 11) is 0. The van der Waals surface area contributed by atoms with Crippen LogP contribution in [0, 0.1) is 6.92 Å². The highest BCUT2D eigenvalue weighted by atomic mass is 15.3. The molecule has 2 rings (SSSR count). The summed E-state index contributed by atoms with van der Waals surface area (Å²) < 4.78 is 0. The van der Waals surface area contributed by atoms with Gasteiger partial charge in [0.05, 0.1) is 11.4 Å². The van der Waals surface area contributed by atoms with E-state index in [-0.39, 0.29) is 0 Å². The fourth-order valence-corrected chi connectivity index (χ4v) is 2.08. The summed E-state index contributed by atoms with van der Waals surface area (Å²) in [5.74, 6) is 1.04. The van der Waals surface area contributed by atoms with Crippen molar-refractivity contribution in [2.75, 3.05) is 43.4 Å². The Hall–Kier alpha value is -1.55. The molecule has 1 saturated heterocycles.